The molecule has 0 saturated heterocycles. The Balaban J connectivity index is 2.55. The summed E-state index contributed by atoms with van der Waals surface area (Å²) in [7, 11) is 0. The molecule has 1 rings (SSSR count). The predicted octanol–water partition coefficient (Wildman–Crippen LogP) is 0.719. The zero-order valence-electron chi connectivity index (χ0n) is 9.27. The molecule has 0 atom stereocenters. The van der Waals surface area contributed by atoms with Crippen LogP contribution >= 0.6 is 11.6 Å². The van der Waals surface area contributed by atoms with E-state index in [-0.39, 0.29) is 12.1 Å². The van der Waals surface area contributed by atoms with Crippen LogP contribution in [0.1, 0.15) is 10.4 Å². The number of nitriles is 1. The van der Waals surface area contributed by atoms with Gasteiger partial charge in [-0.05, 0) is 18.2 Å². The van der Waals surface area contributed by atoms with Crippen LogP contribution in [0.2, 0.25) is 5.02 Å². The van der Waals surface area contributed by atoms with Crippen molar-refractivity contribution in [3.05, 3.63) is 28.8 Å². The van der Waals surface area contributed by atoms with Crippen LogP contribution in [0.5, 0.6) is 0 Å². The summed E-state index contributed by atoms with van der Waals surface area (Å²) >= 11 is 5.72. The predicted molar refractivity (Wildman–Crippen MR) is 64.8 cm³/mol. The first-order valence-electron chi connectivity index (χ1n) is 4.90. The van der Waals surface area contributed by atoms with Crippen molar-refractivity contribution < 1.29 is 14.3 Å². The molecule has 0 aromatic heterocycles. The highest BCUT2D eigenvalue weighted by molar-refractivity contribution is 6.31. The third-order valence-electron chi connectivity index (χ3n) is 1.85. The van der Waals surface area contributed by atoms with E-state index < -0.39 is 18.5 Å². The molecule has 94 valence electrons. The van der Waals surface area contributed by atoms with E-state index >= 15 is 0 Å². The first-order chi connectivity index (χ1) is 8.52. The molecule has 0 aliphatic heterocycles. The fourth-order valence-corrected chi connectivity index (χ4v) is 1.38. The van der Waals surface area contributed by atoms with Crippen LogP contribution in [0, 0.1) is 11.3 Å². The molecular weight excluding hydrogens is 258 g/mol. The third kappa shape index (κ3) is 4.31. The molecule has 0 saturated carbocycles. The summed E-state index contributed by atoms with van der Waals surface area (Å²) in [5, 5.41) is 10.8. The molecule has 0 aliphatic rings. The van der Waals surface area contributed by atoms with Crippen LogP contribution in [0.3, 0.4) is 0 Å². The normalized spacial score (nSPS) is 9.33. The van der Waals surface area contributed by atoms with Crippen LogP contribution in [0.25, 0.3) is 0 Å². The summed E-state index contributed by atoms with van der Waals surface area (Å²) in [6, 6.07) is 5.98. The van der Waals surface area contributed by atoms with Crippen LogP contribution < -0.4 is 11.1 Å². The molecule has 0 radical (unpaired) electrons. The molecule has 1 aromatic carbocycles. The Morgan fingerprint density at radius 3 is 2.78 bits per heavy atom. The first-order valence-corrected chi connectivity index (χ1v) is 5.27. The summed E-state index contributed by atoms with van der Waals surface area (Å²) in [6.07, 6.45) is 0. The molecule has 3 N–H and O–H groups in total. The minimum atomic E-state index is -0.712. The van der Waals surface area contributed by atoms with E-state index in [9.17, 15) is 9.59 Å². The number of carbonyl (C=O) groups excluding carboxylic acids is 2. The second-order valence-corrected chi connectivity index (χ2v) is 3.72. The standard InChI is InChI=1S/C11H10ClN3O3/c12-8-3-7(4-9(14)5-8)11(17)18-6-10(16)15-2-1-13/h3-5H,2,6,14H2,(H,15,16). The Hall–Kier alpha value is -2.26. The average molecular weight is 268 g/mol. The van der Waals surface area contributed by atoms with Crippen molar-refractivity contribution in [2.75, 3.05) is 18.9 Å². The van der Waals surface area contributed by atoms with Gasteiger partial charge in [-0.1, -0.05) is 11.6 Å². The van der Waals surface area contributed by atoms with Gasteiger partial charge in [-0.3, -0.25) is 4.79 Å². The minimum absolute atomic E-state index is 0.138. The van der Waals surface area contributed by atoms with E-state index in [4.69, 9.17) is 27.3 Å². The van der Waals surface area contributed by atoms with Gasteiger partial charge in [-0.2, -0.15) is 5.26 Å². The number of nitrogen functional groups attached to an aromatic ring is 1. The Morgan fingerprint density at radius 1 is 1.44 bits per heavy atom. The van der Waals surface area contributed by atoms with E-state index in [1.807, 2.05) is 0 Å². The van der Waals surface area contributed by atoms with Crippen molar-refractivity contribution in [2.45, 2.75) is 0 Å². The zero-order chi connectivity index (χ0) is 13.5. The quantitative estimate of drug-likeness (QED) is 0.475. The van der Waals surface area contributed by atoms with Gasteiger partial charge < -0.3 is 15.8 Å². The van der Waals surface area contributed by atoms with Gasteiger partial charge in [0.15, 0.2) is 6.61 Å². The van der Waals surface area contributed by atoms with Gasteiger partial charge in [-0.15, -0.1) is 0 Å². The number of anilines is 1. The Bertz CT molecular complexity index is 490. The molecule has 1 amide bonds. The Morgan fingerprint density at radius 2 is 2.17 bits per heavy atom. The molecular formula is C11H10ClN3O3. The van der Waals surface area contributed by atoms with Crippen molar-refractivity contribution in [2.24, 2.45) is 0 Å². The monoisotopic (exact) mass is 267 g/mol. The lowest BCUT2D eigenvalue weighted by atomic mass is 10.2. The maximum absolute atomic E-state index is 11.5. The Kier molecular flexibility index (Phi) is 4.96. The summed E-state index contributed by atoms with van der Waals surface area (Å²) in [4.78, 5) is 22.6. The highest BCUT2D eigenvalue weighted by atomic mass is 35.5. The van der Waals surface area contributed by atoms with Crippen molar-refractivity contribution in [3.8, 4) is 6.07 Å². The number of hydrogen-bond donors (Lipinski definition) is 2. The van der Waals surface area contributed by atoms with Crippen LogP contribution in [-0.4, -0.2) is 25.0 Å². The number of nitrogens with zero attached hydrogens (tertiary/aromatic N) is 1. The van der Waals surface area contributed by atoms with Crippen molar-refractivity contribution in [3.63, 3.8) is 0 Å². The van der Waals surface area contributed by atoms with Crippen molar-refractivity contribution >= 4 is 29.2 Å². The molecule has 0 bridgehead atoms. The van der Waals surface area contributed by atoms with Crippen LogP contribution in [0.15, 0.2) is 18.2 Å². The largest absolute Gasteiger partial charge is 0.452 e. The van der Waals surface area contributed by atoms with E-state index in [1.165, 1.54) is 18.2 Å². The number of hydrogen-bond acceptors (Lipinski definition) is 5. The lowest BCUT2D eigenvalue weighted by molar-refractivity contribution is -0.123. The smallest absolute Gasteiger partial charge is 0.338 e. The fourth-order valence-electron chi connectivity index (χ4n) is 1.13. The summed E-state index contributed by atoms with van der Waals surface area (Å²) in [5.41, 5.74) is 5.99. The third-order valence-corrected chi connectivity index (χ3v) is 2.07. The highest BCUT2D eigenvalue weighted by Crippen LogP contribution is 2.17. The summed E-state index contributed by atoms with van der Waals surface area (Å²) in [5.74, 6) is -1.27. The lowest BCUT2D eigenvalue weighted by Gasteiger charge is -2.05. The SMILES string of the molecule is N#CCNC(=O)COC(=O)c1cc(N)cc(Cl)c1. The van der Waals surface area contributed by atoms with Crippen LogP contribution in [-0.2, 0) is 9.53 Å². The molecule has 7 heteroatoms. The molecule has 0 aliphatic carbocycles. The molecule has 6 nitrogen and oxygen atoms in total. The second-order valence-electron chi connectivity index (χ2n) is 3.28. The van der Waals surface area contributed by atoms with E-state index in [2.05, 4.69) is 5.32 Å². The highest BCUT2D eigenvalue weighted by Gasteiger charge is 2.11. The number of carbonyl (C=O) groups is 2. The number of rotatable bonds is 4. The van der Waals surface area contributed by atoms with Gasteiger partial charge in [-0.25, -0.2) is 4.79 Å². The minimum Gasteiger partial charge on any atom is -0.452 e. The maximum atomic E-state index is 11.5. The molecule has 0 heterocycles. The summed E-state index contributed by atoms with van der Waals surface area (Å²) < 4.78 is 4.72. The zero-order valence-corrected chi connectivity index (χ0v) is 10.0. The molecule has 0 unspecified atom stereocenters. The number of ether oxygens (including phenoxy) is 1. The second kappa shape index (κ2) is 6.47. The van der Waals surface area contributed by atoms with Gasteiger partial charge in [0.05, 0.1) is 11.6 Å². The van der Waals surface area contributed by atoms with Crippen molar-refractivity contribution in [1.82, 2.24) is 5.32 Å². The topological polar surface area (TPSA) is 105 Å². The summed E-state index contributed by atoms with van der Waals surface area (Å²) in [6.45, 7) is -0.604. The van der Waals surface area contributed by atoms with E-state index in [0.717, 1.165) is 0 Å². The number of esters is 1. The lowest BCUT2D eigenvalue weighted by Crippen LogP contribution is -2.29. The number of benzene rings is 1. The average Bonchev–Trinajstić information content (AvgIpc) is 2.32. The van der Waals surface area contributed by atoms with Gasteiger partial charge in [0.25, 0.3) is 5.91 Å². The molecule has 18 heavy (non-hydrogen) atoms. The molecule has 0 fully saturated rings. The van der Waals surface area contributed by atoms with Gasteiger partial charge >= 0.3 is 5.97 Å². The number of nitrogens with one attached hydrogen (secondary N) is 1. The van der Waals surface area contributed by atoms with Gasteiger partial charge in [0.1, 0.15) is 6.54 Å². The number of amides is 1. The van der Waals surface area contributed by atoms with Crippen LogP contribution in [0.4, 0.5) is 5.69 Å². The van der Waals surface area contributed by atoms with E-state index in [0.29, 0.717) is 10.7 Å². The molecule has 1 aromatic rings. The first kappa shape index (κ1) is 13.8. The Labute approximate surface area is 108 Å². The maximum Gasteiger partial charge on any atom is 0.338 e. The number of halogens is 1. The van der Waals surface area contributed by atoms with Gasteiger partial charge in [0.2, 0.25) is 0 Å². The van der Waals surface area contributed by atoms with E-state index in [1.54, 1.807) is 6.07 Å². The van der Waals surface area contributed by atoms with Gasteiger partial charge in [0, 0.05) is 10.7 Å². The van der Waals surface area contributed by atoms with Crippen molar-refractivity contribution in [1.29, 1.82) is 5.26 Å². The number of nitrogens with two attached hydrogens (primary N) is 1. The molecule has 0 spiro atoms. The fraction of sp³-hybridized carbons (Fsp3) is 0.182.